The van der Waals surface area contributed by atoms with Gasteiger partial charge in [0.05, 0.1) is 10.6 Å². The number of nitrogen functional groups attached to an aromatic ring is 1. The molecule has 0 aromatic heterocycles. The van der Waals surface area contributed by atoms with E-state index < -0.39 is 34.0 Å². The third-order valence-electron chi connectivity index (χ3n) is 5.86. The second-order valence-electron chi connectivity index (χ2n) is 10.4. The van der Waals surface area contributed by atoms with Crippen LogP contribution in [0.15, 0.2) is 138 Å². The van der Waals surface area contributed by atoms with Crippen LogP contribution in [0.25, 0.3) is 0 Å². The Bertz CT molecular complexity index is 1890. The maximum Gasteiger partial charge on any atom is 0.414 e. The van der Waals surface area contributed by atoms with Gasteiger partial charge in [-0.25, -0.2) is 24.2 Å². The molecule has 0 aliphatic carbocycles. The number of non-ortho nitro benzene ring substituents is 1. The lowest BCUT2D eigenvalue weighted by molar-refractivity contribution is -0.384. The van der Waals surface area contributed by atoms with Crippen LogP contribution in [0.1, 0.15) is 41.9 Å². The Labute approximate surface area is 335 Å². The van der Waals surface area contributed by atoms with Gasteiger partial charge in [0.1, 0.15) is 5.75 Å². The Morgan fingerprint density at radius 2 is 0.965 bits per heavy atom. The van der Waals surface area contributed by atoms with Crippen molar-refractivity contribution in [2.75, 3.05) is 5.73 Å². The van der Waals surface area contributed by atoms with Gasteiger partial charge in [0.2, 0.25) is 0 Å². The van der Waals surface area contributed by atoms with Gasteiger partial charge < -0.3 is 30.9 Å². The summed E-state index contributed by atoms with van der Waals surface area (Å²) >= 11 is 5.16. The molecule has 0 atom stereocenters. The van der Waals surface area contributed by atoms with Crippen LogP contribution in [0.3, 0.4) is 0 Å². The molecule has 0 aliphatic heterocycles. The number of hydrogen-bond acceptors (Lipinski definition) is 10. The van der Waals surface area contributed by atoms with Gasteiger partial charge in [0.25, 0.3) is 10.9 Å². The van der Waals surface area contributed by atoms with Gasteiger partial charge in [-0.05, 0) is 68.8 Å². The molecule has 0 saturated heterocycles. The second kappa shape index (κ2) is 31.0. The number of aryl methyl sites for hydroxylation is 3. The number of ether oxygens (including phenoxy) is 1. The standard InChI is InChI=1S/C14H13NO.C7H5ClO.C7H7NO2.C7H9N.2C2H2O4.2CH4/c1-12-7-9-13(10-8-12)15-11-16-14-5-3-2-4-6-14;8-7(9)6-4-2-1-3-5-6;1-6-2-4-7(5-3-6)8(9)10;1-6-2-4-7(8)5-3-6;2*3-1(4)2(5)6;;/h2-11H,1H3;1-5H;2-5H,1H3;2-5H,8H2,1H3;2*(H,3,4)(H,5,6);2*1H4. The van der Waals surface area contributed by atoms with Crippen LogP contribution in [0.2, 0.25) is 0 Å². The number of halogens is 1. The molecule has 5 aromatic rings. The Balaban J connectivity index is -0.000000634. The molecule has 57 heavy (non-hydrogen) atoms. The van der Waals surface area contributed by atoms with Crippen molar-refractivity contribution in [3.05, 3.63) is 166 Å². The fourth-order valence-corrected chi connectivity index (χ4v) is 3.21. The Morgan fingerprint density at radius 1 is 0.614 bits per heavy atom. The first-order valence-electron chi connectivity index (χ1n) is 15.4. The summed E-state index contributed by atoms with van der Waals surface area (Å²) in [6.45, 7) is 5.98. The molecule has 6 N–H and O–H groups in total. The van der Waals surface area contributed by atoms with E-state index in [9.17, 15) is 14.9 Å². The predicted molar refractivity (Wildman–Crippen MR) is 220 cm³/mol. The Kier molecular flexibility index (Phi) is 29.4. The van der Waals surface area contributed by atoms with E-state index in [0.29, 0.717) is 5.56 Å². The number of para-hydroxylation sites is 1. The zero-order valence-electron chi connectivity index (χ0n) is 29.7. The number of rotatable bonds is 5. The number of nitro benzene ring substituents is 1. The van der Waals surface area contributed by atoms with Crippen LogP contribution >= 0.6 is 11.6 Å². The van der Waals surface area contributed by atoms with Gasteiger partial charge in [0.15, 0.2) is 6.40 Å². The predicted octanol–water partition coefficient (Wildman–Crippen LogP) is 8.86. The molecule has 0 fully saturated rings. The first-order valence-corrected chi connectivity index (χ1v) is 15.8. The number of carbonyl (C=O) groups excluding carboxylic acids is 1. The number of aliphatic carboxylic acids is 4. The highest BCUT2D eigenvalue weighted by Gasteiger charge is 2.04. The zero-order chi connectivity index (χ0) is 41.8. The number of nitrogens with two attached hydrogens (primary N) is 1. The Hall–Kier alpha value is -7.39. The van der Waals surface area contributed by atoms with Crippen molar-refractivity contribution in [1.29, 1.82) is 0 Å². The van der Waals surface area contributed by atoms with Crippen molar-refractivity contribution in [3.63, 3.8) is 0 Å². The normalized spacial score (nSPS) is 8.84. The molecule has 0 saturated carbocycles. The molecule has 0 amide bonds. The van der Waals surface area contributed by atoms with Gasteiger partial charge >= 0.3 is 23.9 Å². The van der Waals surface area contributed by atoms with Gasteiger partial charge in [0, 0.05) is 23.4 Å². The largest absolute Gasteiger partial charge is 0.473 e. The van der Waals surface area contributed by atoms with E-state index in [2.05, 4.69) is 4.99 Å². The highest BCUT2D eigenvalue weighted by Crippen LogP contribution is 2.13. The van der Waals surface area contributed by atoms with E-state index in [1.54, 1.807) is 36.4 Å². The van der Waals surface area contributed by atoms with Crippen LogP contribution in [0.4, 0.5) is 17.1 Å². The maximum absolute atomic E-state index is 10.4. The van der Waals surface area contributed by atoms with Gasteiger partial charge in [-0.1, -0.05) is 116 Å². The molecule has 5 rings (SSSR count). The number of carbonyl (C=O) groups is 5. The quantitative estimate of drug-likeness (QED) is 0.0212. The molecule has 15 nitrogen and oxygen atoms in total. The highest BCUT2D eigenvalue weighted by molar-refractivity contribution is 6.67. The molecule has 5 aromatic carbocycles. The van der Waals surface area contributed by atoms with Crippen molar-refractivity contribution in [1.82, 2.24) is 0 Å². The van der Waals surface area contributed by atoms with E-state index in [0.717, 1.165) is 22.7 Å². The summed E-state index contributed by atoms with van der Waals surface area (Å²) < 4.78 is 5.35. The molecular formula is C41H46ClN3O12. The lowest BCUT2D eigenvalue weighted by Crippen LogP contribution is -2.09. The summed E-state index contributed by atoms with van der Waals surface area (Å²) in [6, 6.07) is 40.5. The first kappa shape index (κ1) is 54.0. The fraction of sp³-hybridized carbons (Fsp3) is 0.122. The second-order valence-corrected chi connectivity index (χ2v) is 10.7. The third kappa shape index (κ3) is 28.7. The van der Waals surface area contributed by atoms with Crippen LogP contribution < -0.4 is 10.5 Å². The number of aliphatic imine (C=N–C) groups is 1. The minimum Gasteiger partial charge on any atom is -0.473 e. The summed E-state index contributed by atoms with van der Waals surface area (Å²) in [5.41, 5.74) is 11.3. The van der Waals surface area contributed by atoms with E-state index in [1.807, 2.05) is 106 Å². The van der Waals surface area contributed by atoms with Crippen LogP contribution in [-0.4, -0.2) is 60.9 Å². The average Bonchev–Trinajstić information content (AvgIpc) is 3.16. The zero-order valence-corrected chi connectivity index (χ0v) is 30.4. The molecule has 16 heteroatoms. The molecular weight excluding hydrogens is 762 g/mol. The smallest absolute Gasteiger partial charge is 0.414 e. The van der Waals surface area contributed by atoms with Crippen molar-refractivity contribution in [3.8, 4) is 5.75 Å². The maximum atomic E-state index is 10.4. The average molecular weight is 808 g/mol. The van der Waals surface area contributed by atoms with E-state index in [1.165, 1.54) is 29.7 Å². The molecule has 304 valence electrons. The van der Waals surface area contributed by atoms with Gasteiger partial charge in [-0.15, -0.1) is 0 Å². The van der Waals surface area contributed by atoms with Crippen LogP contribution in [0.5, 0.6) is 5.75 Å². The summed E-state index contributed by atoms with van der Waals surface area (Å²) in [4.78, 5) is 60.7. The molecule has 0 heterocycles. The number of nitrogens with zero attached hydrogens (tertiary/aromatic N) is 2. The number of nitro groups is 1. The van der Waals surface area contributed by atoms with Crippen molar-refractivity contribution >= 4 is 64.2 Å². The number of benzene rings is 5. The van der Waals surface area contributed by atoms with Crippen LogP contribution in [-0.2, 0) is 19.2 Å². The minimum absolute atomic E-state index is 0. The number of carboxylic acid groups (broad SMARTS) is 4. The lowest BCUT2D eigenvalue weighted by atomic mass is 10.2. The molecule has 0 bridgehead atoms. The third-order valence-corrected chi connectivity index (χ3v) is 6.07. The summed E-state index contributed by atoms with van der Waals surface area (Å²) in [6.07, 6.45) is 1.46. The van der Waals surface area contributed by atoms with Crippen LogP contribution in [0, 0.1) is 30.9 Å². The topological polar surface area (TPSA) is 257 Å². The van der Waals surface area contributed by atoms with Crippen molar-refractivity contribution < 1.29 is 54.1 Å². The highest BCUT2D eigenvalue weighted by atomic mass is 35.5. The number of carboxylic acids is 4. The van der Waals surface area contributed by atoms with E-state index in [-0.39, 0.29) is 20.5 Å². The molecule has 0 aliphatic rings. The van der Waals surface area contributed by atoms with E-state index in [4.69, 9.17) is 61.7 Å². The Morgan fingerprint density at radius 3 is 1.28 bits per heavy atom. The summed E-state index contributed by atoms with van der Waals surface area (Å²) in [5, 5.41) is 39.3. The lowest BCUT2D eigenvalue weighted by Gasteiger charge is -1.98. The number of anilines is 1. The monoisotopic (exact) mass is 807 g/mol. The van der Waals surface area contributed by atoms with Crippen molar-refractivity contribution in [2.45, 2.75) is 35.6 Å². The number of hydrogen-bond donors (Lipinski definition) is 5. The fourth-order valence-electron chi connectivity index (χ4n) is 3.08. The summed E-state index contributed by atoms with van der Waals surface area (Å²) in [5.74, 6) is -6.51. The summed E-state index contributed by atoms with van der Waals surface area (Å²) in [7, 11) is 0. The van der Waals surface area contributed by atoms with Gasteiger partial charge in [-0.2, -0.15) is 0 Å². The van der Waals surface area contributed by atoms with Gasteiger partial charge in [-0.3, -0.25) is 14.9 Å². The molecule has 0 unspecified atom stereocenters. The SMILES string of the molecule is C.C.Cc1ccc(N)cc1.Cc1ccc(N=COc2ccccc2)cc1.Cc1ccc([N+](=O)[O-])cc1.O=C(Cl)c1ccccc1.O=C(O)C(=O)O.O=C(O)C(=O)O. The van der Waals surface area contributed by atoms with Crippen molar-refractivity contribution in [2.24, 2.45) is 4.99 Å². The molecule has 0 spiro atoms. The van der Waals surface area contributed by atoms with E-state index >= 15 is 0 Å². The first-order chi connectivity index (χ1) is 25.9. The molecule has 0 radical (unpaired) electrons. The minimum atomic E-state index is -1.82.